The number of ether oxygens (including phenoxy) is 1. The van der Waals surface area contributed by atoms with Crippen LogP contribution >= 0.6 is 12.4 Å². The van der Waals surface area contributed by atoms with Crippen LogP contribution in [0, 0.1) is 5.92 Å². The van der Waals surface area contributed by atoms with Crippen molar-refractivity contribution in [3.63, 3.8) is 0 Å². The molecule has 0 saturated carbocycles. The average Bonchev–Trinajstić information content (AvgIpc) is 2.13. The van der Waals surface area contributed by atoms with Gasteiger partial charge < -0.3 is 9.84 Å². The van der Waals surface area contributed by atoms with E-state index in [1.54, 1.807) is 20.8 Å². The molecule has 1 unspecified atom stereocenters. The largest absolute Gasteiger partial charge is 0.390 e. The van der Waals surface area contributed by atoms with Crippen LogP contribution in [0.2, 0.25) is 0 Å². The molecule has 1 heterocycles. The molecule has 4 nitrogen and oxygen atoms in total. The lowest BCUT2D eigenvalue weighted by molar-refractivity contribution is -0.130. The van der Waals surface area contributed by atoms with Gasteiger partial charge in [-0.1, -0.05) is 0 Å². The number of halogens is 1. The molecule has 0 aromatic heterocycles. The monoisotopic (exact) mass is 251 g/mol. The lowest BCUT2D eigenvalue weighted by Crippen LogP contribution is -2.47. The van der Waals surface area contributed by atoms with E-state index in [9.17, 15) is 9.90 Å². The number of Topliss-reactive ketones (excluding diaryl/α,β-unsaturated/α-hetero) is 1. The van der Waals surface area contributed by atoms with Crippen molar-refractivity contribution in [3.05, 3.63) is 0 Å². The number of nitrogens with zero attached hydrogens (tertiary/aromatic N) is 1. The van der Waals surface area contributed by atoms with Crippen LogP contribution in [0.5, 0.6) is 0 Å². The van der Waals surface area contributed by atoms with Crippen molar-refractivity contribution in [1.82, 2.24) is 4.90 Å². The van der Waals surface area contributed by atoms with E-state index in [-0.39, 0.29) is 24.1 Å². The molecule has 0 aromatic carbocycles. The van der Waals surface area contributed by atoms with E-state index in [1.807, 2.05) is 0 Å². The summed E-state index contributed by atoms with van der Waals surface area (Å²) >= 11 is 0. The first kappa shape index (κ1) is 15.8. The van der Waals surface area contributed by atoms with Gasteiger partial charge in [0.05, 0.1) is 24.7 Å². The molecular weight excluding hydrogens is 230 g/mol. The third-order valence-corrected chi connectivity index (χ3v) is 2.89. The molecular formula is C11H22ClNO3. The van der Waals surface area contributed by atoms with Crippen LogP contribution in [0.1, 0.15) is 20.8 Å². The van der Waals surface area contributed by atoms with Crippen LogP contribution in [0.3, 0.4) is 0 Å². The second-order valence-corrected chi connectivity index (χ2v) is 4.73. The molecule has 1 aliphatic rings. The van der Waals surface area contributed by atoms with Crippen LogP contribution in [0.25, 0.3) is 0 Å². The highest BCUT2D eigenvalue weighted by Gasteiger charge is 2.32. The molecule has 0 bridgehead atoms. The van der Waals surface area contributed by atoms with Crippen molar-refractivity contribution in [3.8, 4) is 0 Å². The van der Waals surface area contributed by atoms with Gasteiger partial charge in [-0.05, 0) is 20.8 Å². The molecule has 96 valence electrons. The molecule has 0 amide bonds. The third kappa shape index (κ3) is 4.78. The molecule has 16 heavy (non-hydrogen) atoms. The van der Waals surface area contributed by atoms with Gasteiger partial charge in [0.1, 0.15) is 5.78 Å². The van der Waals surface area contributed by atoms with Crippen LogP contribution in [0.4, 0.5) is 0 Å². The first-order valence-electron chi connectivity index (χ1n) is 5.44. The number of hydrogen-bond donors (Lipinski definition) is 1. The van der Waals surface area contributed by atoms with Crippen molar-refractivity contribution >= 4 is 18.2 Å². The number of carbonyl (C=O) groups is 1. The minimum Gasteiger partial charge on any atom is -0.390 e. The summed E-state index contributed by atoms with van der Waals surface area (Å²) in [4.78, 5) is 13.6. The number of ketones is 1. The third-order valence-electron chi connectivity index (χ3n) is 2.89. The molecule has 5 heteroatoms. The van der Waals surface area contributed by atoms with E-state index in [0.717, 1.165) is 26.3 Å². The molecule has 0 radical (unpaired) electrons. The average molecular weight is 252 g/mol. The van der Waals surface area contributed by atoms with Crippen molar-refractivity contribution in [2.75, 3.05) is 32.8 Å². The van der Waals surface area contributed by atoms with E-state index in [0.29, 0.717) is 6.54 Å². The molecule has 1 saturated heterocycles. The number of aliphatic hydroxyl groups is 1. The Morgan fingerprint density at radius 2 is 1.94 bits per heavy atom. The number of hydrogen-bond acceptors (Lipinski definition) is 4. The summed E-state index contributed by atoms with van der Waals surface area (Å²) in [5.41, 5.74) is -0.940. The van der Waals surface area contributed by atoms with Gasteiger partial charge in [0, 0.05) is 19.6 Å². The highest BCUT2D eigenvalue weighted by atomic mass is 35.5. The Morgan fingerprint density at radius 3 is 2.31 bits per heavy atom. The fourth-order valence-electron chi connectivity index (χ4n) is 1.89. The fourth-order valence-corrected chi connectivity index (χ4v) is 1.89. The maximum Gasteiger partial charge on any atom is 0.137 e. The number of carbonyl (C=O) groups excluding carboxylic acids is 1. The smallest absolute Gasteiger partial charge is 0.137 e. The summed E-state index contributed by atoms with van der Waals surface area (Å²) in [6.45, 7) is 8.69. The van der Waals surface area contributed by atoms with Crippen LogP contribution < -0.4 is 0 Å². The van der Waals surface area contributed by atoms with Crippen molar-refractivity contribution in [2.24, 2.45) is 5.92 Å². The Morgan fingerprint density at radius 1 is 1.44 bits per heavy atom. The lowest BCUT2D eigenvalue weighted by atomic mass is 9.87. The van der Waals surface area contributed by atoms with Crippen molar-refractivity contribution in [1.29, 1.82) is 0 Å². The standard InChI is InChI=1S/C11H21NO3.ClH/c1-9(13)10(11(2,3)14)8-12-4-6-15-7-5-12;/h10,14H,4-8H2,1-3H3;1H. The van der Waals surface area contributed by atoms with Gasteiger partial charge in [-0.25, -0.2) is 0 Å². The molecule has 1 N–H and O–H groups in total. The normalized spacial score (nSPS) is 20.0. The molecule has 0 aromatic rings. The highest BCUT2D eigenvalue weighted by molar-refractivity contribution is 5.85. The number of rotatable bonds is 4. The predicted molar refractivity (Wildman–Crippen MR) is 65.0 cm³/mol. The van der Waals surface area contributed by atoms with Gasteiger partial charge in [-0.15, -0.1) is 12.4 Å². The number of morpholine rings is 1. The topological polar surface area (TPSA) is 49.8 Å². The van der Waals surface area contributed by atoms with E-state index >= 15 is 0 Å². The first-order valence-corrected chi connectivity index (χ1v) is 5.44. The lowest BCUT2D eigenvalue weighted by Gasteiger charge is -2.34. The molecule has 1 rings (SSSR count). The Hall–Kier alpha value is -0.160. The molecule has 1 atom stereocenters. The van der Waals surface area contributed by atoms with Crippen molar-refractivity contribution < 1.29 is 14.6 Å². The Labute approximate surface area is 103 Å². The van der Waals surface area contributed by atoms with Gasteiger partial charge >= 0.3 is 0 Å². The van der Waals surface area contributed by atoms with Crippen LogP contribution in [-0.2, 0) is 9.53 Å². The second-order valence-electron chi connectivity index (χ2n) is 4.73. The maximum absolute atomic E-state index is 11.4. The Bertz CT molecular complexity index is 222. The molecule has 0 aliphatic carbocycles. The van der Waals surface area contributed by atoms with E-state index in [1.165, 1.54) is 0 Å². The van der Waals surface area contributed by atoms with Crippen LogP contribution in [0.15, 0.2) is 0 Å². The zero-order valence-electron chi connectivity index (χ0n) is 10.2. The van der Waals surface area contributed by atoms with E-state index in [2.05, 4.69) is 4.90 Å². The van der Waals surface area contributed by atoms with Gasteiger partial charge in [0.15, 0.2) is 0 Å². The van der Waals surface area contributed by atoms with Gasteiger partial charge in [-0.3, -0.25) is 9.69 Å². The summed E-state index contributed by atoms with van der Waals surface area (Å²) in [7, 11) is 0. The summed E-state index contributed by atoms with van der Waals surface area (Å²) < 4.78 is 5.24. The van der Waals surface area contributed by atoms with E-state index in [4.69, 9.17) is 4.74 Å². The zero-order chi connectivity index (χ0) is 11.5. The van der Waals surface area contributed by atoms with Gasteiger partial charge in [0.25, 0.3) is 0 Å². The molecule has 1 fully saturated rings. The molecule has 1 aliphatic heterocycles. The highest BCUT2D eigenvalue weighted by Crippen LogP contribution is 2.19. The maximum atomic E-state index is 11.4. The van der Waals surface area contributed by atoms with Gasteiger partial charge in [0.2, 0.25) is 0 Å². The minimum absolute atomic E-state index is 0. The first-order chi connectivity index (χ1) is 6.91. The summed E-state index contributed by atoms with van der Waals surface area (Å²) in [5.74, 6) is -0.260. The minimum atomic E-state index is -0.940. The Kier molecular flexibility index (Phi) is 6.48. The summed E-state index contributed by atoms with van der Waals surface area (Å²) in [6, 6.07) is 0. The zero-order valence-corrected chi connectivity index (χ0v) is 11.0. The fraction of sp³-hybridized carbons (Fsp3) is 0.909. The Balaban J connectivity index is 0.00000225. The summed E-state index contributed by atoms with van der Waals surface area (Å²) in [5, 5.41) is 9.90. The van der Waals surface area contributed by atoms with E-state index < -0.39 is 5.60 Å². The van der Waals surface area contributed by atoms with Crippen LogP contribution in [-0.4, -0.2) is 54.2 Å². The summed E-state index contributed by atoms with van der Waals surface area (Å²) in [6.07, 6.45) is 0. The van der Waals surface area contributed by atoms with Gasteiger partial charge in [-0.2, -0.15) is 0 Å². The SMILES string of the molecule is CC(=O)C(CN1CCOCC1)C(C)(C)O.Cl. The predicted octanol–water partition coefficient (Wildman–Crippen LogP) is 0.716. The quantitative estimate of drug-likeness (QED) is 0.800. The molecule has 0 spiro atoms. The second kappa shape index (κ2) is 6.55. The van der Waals surface area contributed by atoms with Crippen molar-refractivity contribution in [2.45, 2.75) is 26.4 Å².